The summed E-state index contributed by atoms with van der Waals surface area (Å²) in [6.45, 7) is 3.17. The second kappa shape index (κ2) is 7.85. The zero-order chi connectivity index (χ0) is 19.6. The maximum atomic E-state index is 12.5. The van der Waals surface area contributed by atoms with E-state index >= 15 is 0 Å². The van der Waals surface area contributed by atoms with E-state index in [0.29, 0.717) is 36.6 Å². The largest absolute Gasteiger partial charge is 0.470 e. The van der Waals surface area contributed by atoms with Crippen molar-refractivity contribution in [2.45, 2.75) is 31.9 Å². The first kappa shape index (κ1) is 19.6. The molecule has 1 amide bonds. The van der Waals surface area contributed by atoms with Crippen LogP contribution in [0.4, 0.5) is 18.9 Å². The number of amides is 1. The van der Waals surface area contributed by atoms with Gasteiger partial charge in [-0.05, 0) is 50.6 Å². The average molecular weight is 403 g/mol. The highest BCUT2D eigenvalue weighted by Crippen LogP contribution is 2.32. The molecule has 1 aromatic heterocycles. The van der Waals surface area contributed by atoms with Crippen molar-refractivity contribution >= 4 is 23.2 Å². The van der Waals surface area contributed by atoms with E-state index in [-0.39, 0.29) is 24.3 Å². The van der Waals surface area contributed by atoms with Gasteiger partial charge in [-0.2, -0.15) is 13.2 Å². The number of carbonyl (C=O) groups excluding carboxylic acids is 1. The van der Waals surface area contributed by atoms with E-state index in [4.69, 9.17) is 16.0 Å². The number of hydrogen-bond donors (Lipinski definition) is 1. The Hall–Kier alpha value is -2.13. The number of hydrogen-bond acceptors (Lipinski definition) is 5. The Morgan fingerprint density at radius 3 is 2.63 bits per heavy atom. The van der Waals surface area contributed by atoms with Crippen LogP contribution in [0.1, 0.15) is 36.1 Å². The van der Waals surface area contributed by atoms with Gasteiger partial charge in [0.15, 0.2) is 0 Å². The normalized spacial score (nSPS) is 16.5. The summed E-state index contributed by atoms with van der Waals surface area (Å²) in [6.07, 6.45) is -3.55. The first-order valence-corrected chi connectivity index (χ1v) is 8.79. The predicted molar refractivity (Wildman–Crippen MR) is 92.5 cm³/mol. The molecule has 10 heteroatoms. The number of nitrogens with one attached hydrogen (secondary N) is 1. The molecule has 6 nitrogen and oxygen atoms in total. The van der Waals surface area contributed by atoms with Crippen LogP contribution in [0.15, 0.2) is 22.6 Å². The SMILES string of the molecule is Cc1ccc(NC(=O)CN2CCC(c3nnc(C(F)(F)F)o3)CC2)cc1Cl. The van der Waals surface area contributed by atoms with E-state index in [1.807, 2.05) is 17.9 Å². The predicted octanol–water partition coefficient (Wildman–Crippen LogP) is 3.87. The van der Waals surface area contributed by atoms with Crippen molar-refractivity contribution in [2.24, 2.45) is 0 Å². The van der Waals surface area contributed by atoms with Crippen LogP contribution >= 0.6 is 11.6 Å². The number of likely N-dealkylation sites (tertiary alicyclic amines) is 1. The molecule has 1 aliphatic rings. The van der Waals surface area contributed by atoms with Gasteiger partial charge in [0.2, 0.25) is 11.8 Å². The van der Waals surface area contributed by atoms with Gasteiger partial charge in [0.1, 0.15) is 0 Å². The Morgan fingerprint density at radius 2 is 2.04 bits per heavy atom. The standard InChI is InChI=1S/C17H18ClF3N4O2/c1-10-2-3-12(8-13(10)18)22-14(26)9-25-6-4-11(5-7-25)15-23-24-16(27-15)17(19,20)21/h2-3,8,11H,4-7,9H2,1H3,(H,22,26). The molecule has 0 spiro atoms. The number of nitrogens with zero attached hydrogens (tertiary/aromatic N) is 3. The molecule has 1 aliphatic heterocycles. The summed E-state index contributed by atoms with van der Waals surface area (Å²) in [5.74, 6) is -1.73. The third-order valence-electron chi connectivity index (χ3n) is 4.44. The smallest absolute Gasteiger partial charge is 0.417 e. The monoisotopic (exact) mass is 402 g/mol. The van der Waals surface area contributed by atoms with Gasteiger partial charge in [0.25, 0.3) is 0 Å². The van der Waals surface area contributed by atoms with E-state index in [1.54, 1.807) is 12.1 Å². The molecule has 0 unspecified atom stereocenters. The van der Waals surface area contributed by atoms with Crippen LogP contribution in [0.3, 0.4) is 0 Å². The number of aryl methyl sites for hydroxylation is 1. The van der Waals surface area contributed by atoms with E-state index in [2.05, 4.69) is 15.5 Å². The van der Waals surface area contributed by atoms with E-state index in [9.17, 15) is 18.0 Å². The highest BCUT2D eigenvalue weighted by molar-refractivity contribution is 6.31. The Bertz CT molecular complexity index is 817. The van der Waals surface area contributed by atoms with Gasteiger partial charge in [-0.3, -0.25) is 9.69 Å². The van der Waals surface area contributed by atoms with Gasteiger partial charge in [-0.1, -0.05) is 17.7 Å². The van der Waals surface area contributed by atoms with E-state index in [1.165, 1.54) is 0 Å². The highest BCUT2D eigenvalue weighted by atomic mass is 35.5. The fourth-order valence-electron chi connectivity index (χ4n) is 2.93. The Labute approximate surface area is 158 Å². The minimum atomic E-state index is -4.64. The number of alkyl halides is 3. The molecule has 0 aliphatic carbocycles. The van der Waals surface area contributed by atoms with Crippen molar-refractivity contribution in [3.63, 3.8) is 0 Å². The van der Waals surface area contributed by atoms with Crippen molar-refractivity contribution in [3.05, 3.63) is 40.6 Å². The van der Waals surface area contributed by atoms with Crippen LogP contribution in [0.2, 0.25) is 5.02 Å². The molecule has 0 saturated carbocycles. The summed E-state index contributed by atoms with van der Waals surface area (Å²) in [4.78, 5) is 14.1. The Morgan fingerprint density at radius 1 is 1.33 bits per heavy atom. The average Bonchev–Trinajstić information content (AvgIpc) is 3.09. The van der Waals surface area contributed by atoms with Gasteiger partial charge >= 0.3 is 12.1 Å². The lowest BCUT2D eigenvalue weighted by Crippen LogP contribution is -2.38. The number of carbonyl (C=O) groups is 1. The number of benzene rings is 1. The molecule has 146 valence electrons. The summed E-state index contributed by atoms with van der Waals surface area (Å²) >= 11 is 6.04. The van der Waals surface area contributed by atoms with Gasteiger partial charge < -0.3 is 9.73 Å². The molecule has 1 N–H and O–H groups in total. The maximum absolute atomic E-state index is 12.5. The number of aromatic nitrogens is 2. The minimum absolute atomic E-state index is 0.000670. The molecule has 0 radical (unpaired) electrons. The third kappa shape index (κ3) is 4.98. The van der Waals surface area contributed by atoms with Gasteiger partial charge in [-0.15, -0.1) is 10.2 Å². The van der Waals surface area contributed by atoms with Crippen molar-refractivity contribution < 1.29 is 22.4 Å². The Kier molecular flexibility index (Phi) is 5.71. The summed E-state index contributed by atoms with van der Waals surface area (Å²) in [7, 11) is 0. The molecule has 2 heterocycles. The number of rotatable bonds is 4. The quantitative estimate of drug-likeness (QED) is 0.840. The van der Waals surface area contributed by atoms with E-state index < -0.39 is 12.1 Å². The first-order chi connectivity index (χ1) is 12.7. The first-order valence-electron chi connectivity index (χ1n) is 8.41. The molecule has 1 fully saturated rings. The van der Waals surface area contributed by atoms with Crippen molar-refractivity contribution in [3.8, 4) is 0 Å². The Balaban J connectivity index is 1.49. The van der Waals surface area contributed by atoms with Gasteiger partial charge in [0.05, 0.1) is 6.54 Å². The molecule has 2 aromatic rings. The molecule has 1 saturated heterocycles. The lowest BCUT2D eigenvalue weighted by molar-refractivity contribution is -0.157. The van der Waals surface area contributed by atoms with Crippen LogP contribution in [0.5, 0.6) is 0 Å². The summed E-state index contributed by atoms with van der Waals surface area (Å²) < 4.78 is 42.4. The summed E-state index contributed by atoms with van der Waals surface area (Å²) in [5, 5.41) is 9.94. The molecule has 1 aromatic carbocycles. The molecule has 0 bridgehead atoms. The van der Waals surface area contributed by atoms with Gasteiger partial charge in [-0.25, -0.2) is 0 Å². The van der Waals surface area contributed by atoms with Crippen LogP contribution in [0.25, 0.3) is 0 Å². The molecular weight excluding hydrogens is 385 g/mol. The van der Waals surface area contributed by atoms with Crippen LogP contribution in [0, 0.1) is 6.92 Å². The second-order valence-corrected chi connectivity index (χ2v) is 6.91. The highest BCUT2D eigenvalue weighted by Gasteiger charge is 2.39. The number of piperidine rings is 1. The molecule has 3 rings (SSSR count). The zero-order valence-corrected chi connectivity index (χ0v) is 15.3. The zero-order valence-electron chi connectivity index (χ0n) is 14.5. The lowest BCUT2D eigenvalue weighted by atomic mass is 9.97. The van der Waals surface area contributed by atoms with Crippen LogP contribution in [-0.2, 0) is 11.0 Å². The topological polar surface area (TPSA) is 71.3 Å². The van der Waals surface area contributed by atoms with Crippen molar-refractivity contribution in [2.75, 3.05) is 25.0 Å². The van der Waals surface area contributed by atoms with Crippen molar-refractivity contribution in [1.29, 1.82) is 0 Å². The molecule has 0 atom stereocenters. The summed E-state index contributed by atoms with van der Waals surface area (Å²) in [5.41, 5.74) is 1.54. The fourth-order valence-corrected chi connectivity index (χ4v) is 3.11. The number of halogens is 4. The van der Waals surface area contributed by atoms with Crippen LogP contribution < -0.4 is 5.32 Å². The van der Waals surface area contributed by atoms with Gasteiger partial charge in [0, 0.05) is 16.6 Å². The van der Waals surface area contributed by atoms with E-state index in [0.717, 1.165) is 5.56 Å². The molecule has 27 heavy (non-hydrogen) atoms. The van der Waals surface area contributed by atoms with Crippen LogP contribution in [-0.4, -0.2) is 40.6 Å². The fraction of sp³-hybridized carbons (Fsp3) is 0.471. The summed E-state index contributed by atoms with van der Waals surface area (Å²) in [6, 6.07) is 5.29. The third-order valence-corrected chi connectivity index (χ3v) is 4.85. The minimum Gasteiger partial charge on any atom is -0.417 e. The number of anilines is 1. The maximum Gasteiger partial charge on any atom is 0.470 e. The molecular formula is C17H18ClF3N4O2. The lowest BCUT2D eigenvalue weighted by Gasteiger charge is -2.29. The van der Waals surface area contributed by atoms with Crippen molar-refractivity contribution in [1.82, 2.24) is 15.1 Å². The second-order valence-electron chi connectivity index (χ2n) is 6.51.